The number of carbonyl (C=O) groups is 1. The minimum absolute atomic E-state index is 0.267. The first kappa shape index (κ1) is 12.7. The molecule has 0 spiro atoms. The van der Waals surface area contributed by atoms with Crippen molar-refractivity contribution in [2.75, 3.05) is 0 Å². The molecule has 92 valence electrons. The lowest BCUT2D eigenvalue weighted by molar-refractivity contribution is 0.0698. The molecular formula is C15H13ClO2. The van der Waals surface area contributed by atoms with Crippen LogP contribution in [0.1, 0.15) is 22.8 Å². The van der Waals surface area contributed by atoms with Crippen LogP contribution >= 0.6 is 11.6 Å². The van der Waals surface area contributed by atoms with Crippen LogP contribution in [0.3, 0.4) is 0 Å². The molecule has 0 heterocycles. The van der Waals surface area contributed by atoms with E-state index < -0.39 is 5.97 Å². The zero-order chi connectivity index (χ0) is 13.1. The van der Waals surface area contributed by atoms with E-state index in [1.54, 1.807) is 12.1 Å². The van der Waals surface area contributed by atoms with Crippen molar-refractivity contribution < 1.29 is 9.90 Å². The molecule has 2 aromatic rings. The van der Waals surface area contributed by atoms with Gasteiger partial charge in [-0.3, -0.25) is 0 Å². The molecule has 18 heavy (non-hydrogen) atoms. The molecule has 0 bridgehead atoms. The summed E-state index contributed by atoms with van der Waals surface area (Å²) >= 11 is 5.94. The van der Waals surface area contributed by atoms with Crippen LogP contribution < -0.4 is 0 Å². The monoisotopic (exact) mass is 260 g/mol. The standard InChI is InChI=1S/C15H13ClO2/c1-2-10-3-5-11(6-4-10)14-9-12(16)7-8-13(14)15(17)18/h3-9H,2H2,1H3,(H,17,18). The molecule has 0 saturated heterocycles. The van der Waals surface area contributed by atoms with Gasteiger partial charge in [0.15, 0.2) is 0 Å². The van der Waals surface area contributed by atoms with Gasteiger partial charge in [-0.1, -0.05) is 42.8 Å². The van der Waals surface area contributed by atoms with E-state index in [0.29, 0.717) is 10.6 Å². The molecule has 0 fully saturated rings. The van der Waals surface area contributed by atoms with Crippen LogP contribution in [0.2, 0.25) is 5.02 Å². The Morgan fingerprint density at radius 3 is 2.39 bits per heavy atom. The SMILES string of the molecule is CCc1ccc(-c2cc(Cl)ccc2C(=O)O)cc1. The van der Waals surface area contributed by atoms with Crippen molar-refractivity contribution in [2.45, 2.75) is 13.3 Å². The van der Waals surface area contributed by atoms with Crippen LogP contribution in [0.5, 0.6) is 0 Å². The molecule has 2 rings (SSSR count). The van der Waals surface area contributed by atoms with Crippen LogP contribution in [-0.4, -0.2) is 11.1 Å². The molecule has 3 heteroatoms. The zero-order valence-electron chi connectivity index (χ0n) is 9.98. The summed E-state index contributed by atoms with van der Waals surface area (Å²) in [6, 6.07) is 12.7. The lowest BCUT2D eigenvalue weighted by atomic mass is 9.98. The fraction of sp³-hybridized carbons (Fsp3) is 0.133. The van der Waals surface area contributed by atoms with Gasteiger partial charge in [-0.05, 0) is 41.3 Å². The van der Waals surface area contributed by atoms with Gasteiger partial charge < -0.3 is 5.11 Å². The third-order valence-corrected chi connectivity index (χ3v) is 3.12. The second kappa shape index (κ2) is 5.23. The van der Waals surface area contributed by atoms with Crippen molar-refractivity contribution >= 4 is 17.6 Å². The van der Waals surface area contributed by atoms with Gasteiger partial charge in [-0.25, -0.2) is 4.79 Å². The average Bonchev–Trinajstić information content (AvgIpc) is 2.38. The summed E-state index contributed by atoms with van der Waals surface area (Å²) in [6.07, 6.45) is 0.960. The van der Waals surface area contributed by atoms with Gasteiger partial charge in [0.25, 0.3) is 0 Å². The van der Waals surface area contributed by atoms with E-state index in [4.69, 9.17) is 11.6 Å². The van der Waals surface area contributed by atoms with Crippen LogP contribution in [0, 0.1) is 0 Å². The Labute approximate surface area is 111 Å². The largest absolute Gasteiger partial charge is 0.478 e. The van der Waals surface area contributed by atoms with E-state index in [1.807, 2.05) is 24.3 Å². The van der Waals surface area contributed by atoms with Crippen molar-refractivity contribution in [3.05, 3.63) is 58.6 Å². The molecule has 0 unspecified atom stereocenters. The maximum Gasteiger partial charge on any atom is 0.336 e. The highest BCUT2D eigenvalue weighted by Gasteiger charge is 2.11. The first-order valence-electron chi connectivity index (χ1n) is 5.74. The minimum atomic E-state index is -0.943. The molecule has 0 amide bonds. The molecule has 2 aromatic carbocycles. The molecule has 0 atom stereocenters. The number of benzene rings is 2. The second-order valence-electron chi connectivity index (χ2n) is 4.05. The molecular weight excluding hydrogens is 248 g/mol. The molecule has 2 nitrogen and oxygen atoms in total. The quantitative estimate of drug-likeness (QED) is 0.895. The minimum Gasteiger partial charge on any atom is -0.478 e. The molecule has 0 aromatic heterocycles. The van der Waals surface area contributed by atoms with Crippen molar-refractivity contribution in [3.8, 4) is 11.1 Å². The summed E-state index contributed by atoms with van der Waals surface area (Å²) < 4.78 is 0. The number of aryl methyl sites for hydroxylation is 1. The Kier molecular flexibility index (Phi) is 3.68. The van der Waals surface area contributed by atoms with Crippen molar-refractivity contribution in [3.63, 3.8) is 0 Å². The number of hydrogen-bond donors (Lipinski definition) is 1. The highest BCUT2D eigenvalue weighted by Crippen LogP contribution is 2.27. The van der Waals surface area contributed by atoms with E-state index in [-0.39, 0.29) is 5.56 Å². The number of carboxylic acids is 1. The summed E-state index contributed by atoms with van der Waals surface area (Å²) in [7, 11) is 0. The number of carboxylic acid groups (broad SMARTS) is 1. The molecule has 0 saturated carbocycles. The van der Waals surface area contributed by atoms with E-state index >= 15 is 0 Å². The normalized spacial score (nSPS) is 10.3. The van der Waals surface area contributed by atoms with Crippen LogP contribution in [0.25, 0.3) is 11.1 Å². The van der Waals surface area contributed by atoms with Gasteiger partial charge in [-0.15, -0.1) is 0 Å². The van der Waals surface area contributed by atoms with Crippen molar-refractivity contribution in [1.29, 1.82) is 0 Å². The smallest absolute Gasteiger partial charge is 0.336 e. The van der Waals surface area contributed by atoms with Crippen LogP contribution in [-0.2, 0) is 6.42 Å². The highest BCUT2D eigenvalue weighted by atomic mass is 35.5. The fourth-order valence-corrected chi connectivity index (χ4v) is 2.03. The summed E-state index contributed by atoms with van der Waals surface area (Å²) in [6.45, 7) is 2.08. The summed E-state index contributed by atoms with van der Waals surface area (Å²) in [5.74, 6) is -0.943. The van der Waals surface area contributed by atoms with Crippen LogP contribution in [0.4, 0.5) is 0 Å². The Morgan fingerprint density at radius 1 is 1.17 bits per heavy atom. The molecule has 0 aliphatic carbocycles. The fourth-order valence-electron chi connectivity index (χ4n) is 1.86. The summed E-state index contributed by atoms with van der Waals surface area (Å²) in [4.78, 5) is 11.2. The van der Waals surface area contributed by atoms with E-state index in [0.717, 1.165) is 12.0 Å². The van der Waals surface area contributed by atoms with Gasteiger partial charge >= 0.3 is 5.97 Å². The maximum atomic E-state index is 11.2. The Hall–Kier alpha value is -1.80. The molecule has 0 aliphatic heterocycles. The lowest BCUT2D eigenvalue weighted by Gasteiger charge is -2.07. The molecule has 0 aliphatic rings. The van der Waals surface area contributed by atoms with Gasteiger partial charge in [0.2, 0.25) is 0 Å². The number of halogens is 1. The van der Waals surface area contributed by atoms with Gasteiger partial charge in [0.1, 0.15) is 0 Å². The lowest BCUT2D eigenvalue weighted by Crippen LogP contribution is -1.99. The topological polar surface area (TPSA) is 37.3 Å². The summed E-state index contributed by atoms with van der Waals surface area (Å²) in [5, 5.41) is 9.71. The third-order valence-electron chi connectivity index (χ3n) is 2.89. The maximum absolute atomic E-state index is 11.2. The zero-order valence-corrected chi connectivity index (χ0v) is 10.7. The first-order chi connectivity index (χ1) is 8.61. The molecule has 0 radical (unpaired) electrons. The van der Waals surface area contributed by atoms with E-state index in [2.05, 4.69) is 6.92 Å². The Balaban J connectivity index is 2.54. The number of rotatable bonds is 3. The van der Waals surface area contributed by atoms with E-state index in [9.17, 15) is 9.90 Å². The van der Waals surface area contributed by atoms with Crippen molar-refractivity contribution in [1.82, 2.24) is 0 Å². The summed E-state index contributed by atoms with van der Waals surface area (Å²) in [5.41, 5.74) is 3.01. The first-order valence-corrected chi connectivity index (χ1v) is 6.11. The van der Waals surface area contributed by atoms with Crippen LogP contribution in [0.15, 0.2) is 42.5 Å². The third kappa shape index (κ3) is 2.54. The molecule has 1 N–H and O–H groups in total. The van der Waals surface area contributed by atoms with Gasteiger partial charge in [0, 0.05) is 5.02 Å². The Morgan fingerprint density at radius 2 is 1.83 bits per heavy atom. The highest BCUT2D eigenvalue weighted by molar-refractivity contribution is 6.31. The second-order valence-corrected chi connectivity index (χ2v) is 4.48. The van der Waals surface area contributed by atoms with Gasteiger partial charge in [-0.2, -0.15) is 0 Å². The average molecular weight is 261 g/mol. The van der Waals surface area contributed by atoms with Gasteiger partial charge in [0.05, 0.1) is 5.56 Å². The van der Waals surface area contributed by atoms with E-state index in [1.165, 1.54) is 11.6 Å². The number of hydrogen-bond acceptors (Lipinski definition) is 1. The predicted molar refractivity (Wildman–Crippen MR) is 73.2 cm³/mol. The predicted octanol–water partition coefficient (Wildman–Crippen LogP) is 4.27. The Bertz CT molecular complexity index is 574. The number of aromatic carboxylic acids is 1. The van der Waals surface area contributed by atoms with Crippen molar-refractivity contribution in [2.24, 2.45) is 0 Å².